The highest BCUT2D eigenvalue weighted by Crippen LogP contribution is 2.44. The van der Waals surface area contributed by atoms with E-state index in [4.69, 9.17) is 25.8 Å². The zero-order valence-corrected chi connectivity index (χ0v) is 20.3. The van der Waals surface area contributed by atoms with Gasteiger partial charge in [-0.25, -0.2) is 4.79 Å². The van der Waals surface area contributed by atoms with Crippen LogP contribution in [0.4, 0.5) is 4.79 Å². The summed E-state index contributed by atoms with van der Waals surface area (Å²) in [5, 5.41) is 0.624. The van der Waals surface area contributed by atoms with E-state index in [1.54, 1.807) is 27.7 Å². The maximum absolute atomic E-state index is 13.6. The number of carbonyl (C=O) groups is 2. The highest BCUT2D eigenvalue weighted by molar-refractivity contribution is 6.33. The van der Waals surface area contributed by atoms with Crippen LogP contribution in [-0.2, 0) is 25.4 Å². The van der Waals surface area contributed by atoms with Crippen LogP contribution in [0.25, 0.3) is 16.7 Å². The van der Waals surface area contributed by atoms with Crippen molar-refractivity contribution in [2.45, 2.75) is 59.2 Å². The van der Waals surface area contributed by atoms with Gasteiger partial charge in [-0.05, 0) is 75.4 Å². The van der Waals surface area contributed by atoms with Crippen LogP contribution in [-0.4, -0.2) is 30.3 Å². The Bertz CT molecular complexity index is 1110. The highest BCUT2D eigenvalue weighted by atomic mass is 35.5. The standard InChI is InChI=1S/C26H29ClO5/c1-8-16-10-11-17(18-12-9-15(2)13-20(18)27)14-19(16)21-22(28)25(3,4)32-26(5,6)23(21)31-24(29)30-7/h9-14H,8H2,1-7H3. The van der Waals surface area contributed by atoms with Crippen molar-refractivity contribution in [3.8, 4) is 11.1 Å². The molecule has 1 aliphatic heterocycles. The van der Waals surface area contributed by atoms with Crippen molar-refractivity contribution in [2.75, 3.05) is 7.11 Å². The summed E-state index contributed by atoms with van der Waals surface area (Å²) < 4.78 is 16.3. The number of ketones is 1. The molecule has 0 spiro atoms. The molecule has 1 aliphatic rings. The van der Waals surface area contributed by atoms with E-state index in [9.17, 15) is 9.59 Å². The van der Waals surface area contributed by atoms with Crippen LogP contribution in [0.5, 0.6) is 0 Å². The molecule has 5 nitrogen and oxygen atoms in total. The molecule has 0 fully saturated rings. The second-order valence-electron chi connectivity index (χ2n) is 8.92. The van der Waals surface area contributed by atoms with Crippen LogP contribution in [0.2, 0.25) is 5.02 Å². The number of Topliss-reactive ketones (excluding diaryl/α,β-unsaturated/α-hetero) is 1. The lowest BCUT2D eigenvalue weighted by atomic mass is 9.80. The SMILES string of the molecule is CCc1ccc(-c2ccc(C)cc2Cl)cc1C1=C(OC(=O)OC)C(C)(C)OC(C)(C)C1=O. The lowest BCUT2D eigenvalue weighted by molar-refractivity contribution is -0.158. The van der Waals surface area contributed by atoms with Crippen molar-refractivity contribution in [1.82, 2.24) is 0 Å². The van der Waals surface area contributed by atoms with E-state index >= 15 is 0 Å². The van der Waals surface area contributed by atoms with Gasteiger partial charge in [0.05, 0.1) is 12.7 Å². The Labute approximate surface area is 194 Å². The van der Waals surface area contributed by atoms with Crippen molar-refractivity contribution >= 4 is 29.1 Å². The first-order chi connectivity index (χ1) is 14.9. The number of aryl methyl sites for hydroxylation is 2. The maximum Gasteiger partial charge on any atom is 0.513 e. The molecule has 0 N–H and O–H groups in total. The first kappa shape index (κ1) is 24.0. The second-order valence-corrected chi connectivity index (χ2v) is 9.33. The third kappa shape index (κ3) is 4.45. The summed E-state index contributed by atoms with van der Waals surface area (Å²) >= 11 is 6.53. The topological polar surface area (TPSA) is 61.8 Å². The molecule has 0 bridgehead atoms. The van der Waals surface area contributed by atoms with Gasteiger partial charge in [0.15, 0.2) is 11.5 Å². The molecule has 3 rings (SSSR count). The number of benzene rings is 2. The number of hydrogen-bond donors (Lipinski definition) is 0. The first-order valence-electron chi connectivity index (χ1n) is 10.6. The molecule has 1 heterocycles. The summed E-state index contributed by atoms with van der Waals surface area (Å²) in [6.07, 6.45) is -0.223. The summed E-state index contributed by atoms with van der Waals surface area (Å²) in [4.78, 5) is 25.7. The van der Waals surface area contributed by atoms with Gasteiger partial charge in [-0.3, -0.25) is 4.79 Å². The van der Waals surface area contributed by atoms with Gasteiger partial charge in [0.2, 0.25) is 0 Å². The van der Waals surface area contributed by atoms with Crippen molar-refractivity contribution < 1.29 is 23.8 Å². The van der Waals surface area contributed by atoms with E-state index in [0.717, 1.165) is 22.3 Å². The Kier molecular flexibility index (Phi) is 6.55. The number of hydrogen-bond acceptors (Lipinski definition) is 5. The number of halogens is 1. The van der Waals surface area contributed by atoms with E-state index in [2.05, 4.69) is 0 Å². The van der Waals surface area contributed by atoms with Gasteiger partial charge in [-0.15, -0.1) is 0 Å². The van der Waals surface area contributed by atoms with Gasteiger partial charge in [0.1, 0.15) is 11.2 Å². The minimum Gasteiger partial charge on any atom is -0.437 e. The molecule has 0 atom stereocenters. The average molecular weight is 457 g/mol. The van der Waals surface area contributed by atoms with Crippen LogP contribution in [0, 0.1) is 6.92 Å². The summed E-state index contributed by atoms with van der Waals surface area (Å²) in [5.41, 5.74) is 2.59. The van der Waals surface area contributed by atoms with Crippen LogP contribution >= 0.6 is 11.6 Å². The molecule has 2 aromatic carbocycles. The van der Waals surface area contributed by atoms with E-state index in [1.807, 2.05) is 50.2 Å². The molecule has 0 aromatic heterocycles. The third-order valence-electron chi connectivity index (χ3n) is 5.61. The summed E-state index contributed by atoms with van der Waals surface area (Å²) in [6.45, 7) is 11.0. The fourth-order valence-electron chi connectivity index (χ4n) is 4.12. The Balaban J connectivity index is 2.33. The van der Waals surface area contributed by atoms with Crippen molar-refractivity contribution in [3.63, 3.8) is 0 Å². The van der Waals surface area contributed by atoms with Gasteiger partial charge >= 0.3 is 6.16 Å². The quantitative estimate of drug-likeness (QED) is 0.489. The fraction of sp³-hybridized carbons (Fsp3) is 0.385. The smallest absolute Gasteiger partial charge is 0.437 e. The van der Waals surface area contributed by atoms with E-state index in [1.165, 1.54) is 7.11 Å². The van der Waals surface area contributed by atoms with Crippen molar-refractivity contribution in [3.05, 3.63) is 63.9 Å². The van der Waals surface area contributed by atoms with Crippen LogP contribution < -0.4 is 0 Å². The Morgan fingerprint density at radius 1 is 1.03 bits per heavy atom. The number of methoxy groups -OCH3 is 1. The van der Waals surface area contributed by atoms with Gasteiger partial charge in [-0.2, -0.15) is 0 Å². The third-order valence-corrected chi connectivity index (χ3v) is 5.92. The molecule has 6 heteroatoms. The van der Waals surface area contributed by atoms with Crippen molar-refractivity contribution in [2.24, 2.45) is 0 Å². The van der Waals surface area contributed by atoms with E-state index in [-0.39, 0.29) is 11.5 Å². The largest absolute Gasteiger partial charge is 0.513 e. The van der Waals surface area contributed by atoms with Crippen LogP contribution in [0.15, 0.2) is 42.2 Å². The zero-order chi connectivity index (χ0) is 23.8. The predicted molar refractivity (Wildman–Crippen MR) is 126 cm³/mol. The van der Waals surface area contributed by atoms with Gasteiger partial charge in [0, 0.05) is 10.6 Å². The summed E-state index contributed by atoms with van der Waals surface area (Å²) in [5.74, 6) is -0.131. The number of ether oxygens (including phenoxy) is 3. The highest BCUT2D eigenvalue weighted by Gasteiger charge is 2.49. The second kappa shape index (κ2) is 8.72. The number of rotatable bonds is 4. The minimum absolute atomic E-state index is 0.135. The molecule has 0 radical (unpaired) electrons. The monoisotopic (exact) mass is 456 g/mol. The molecule has 0 saturated heterocycles. The lowest BCUT2D eigenvalue weighted by Crippen LogP contribution is -2.50. The van der Waals surface area contributed by atoms with Gasteiger partial charge in [-0.1, -0.05) is 42.8 Å². The van der Waals surface area contributed by atoms with Gasteiger partial charge < -0.3 is 14.2 Å². The lowest BCUT2D eigenvalue weighted by Gasteiger charge is -2.42. The molecule has 2 aromatic rings. The maximum atomic E-state index is 13.6. The van der Waals surface area contributed by atoms with Crippen LogP contribution in [0.3, 0.4) is 0 Å². The molecule has 0 saturated carbocycles. The molecule has 0 aliphatic carbocycles. The number of carbonyl (C=O) groups excluding carboxylic acids is 2. The zero-order valence-electron chi connectivity index (χ0n) is 19.6. The average Bonchev–Trinajstić information content (AvgIpc) is 2.71. The molecular weight excluding hydrogens is 428 g/mol. The van der Waals surface area contributed by atoms with E-state index < -0.39 is 17.4 Å². The fourth-order valence-corrected chi connectivity index (χ4v) is 4.46. The normalized spacial score (nSPS) is 17.3. The Morgan fingerprint density at radius 2 is 1.72 bits per heavy atom. The molecule has 170 valence electrons. The van der Waals surface area contributed by atoms with Gasteiger partial charge in [0.25, 0.3) is 0 Å². The Morgan fingerprint density at radius 3 is 2.31 bits per heavy atom. The van der Waals surface area contributed by atoms with Crippen LogP contribution in [0.1, 0.15) is 51.3 Å². The summed E-state index contributed by atoms with van der Waals surface area (Å²) in [6, 6.07) is 11.8. The molecule has 0 amide bonds. The molecular formula is C26H29ClO5. The minimum atomic E-state index is -1.11. The van der Waals surface area contributed by atoms with E-state index in [0.29, 0.717) is 22.6 Å². The first-order valence-corrected chi connectivity index (χ1v) is 10.9. The summed E-state index contributed by atoms with van der Waals surface area (Å²) in [7, 11) is 1.22. The van der Waals surface area contributed by atoms with Crippen molar-refractivity contribution in [1.29, 1.82) is 0 Å². The predicted octanol–water partition coefficient (Wildman–Crippen LogP) is 6.53. The Hall–Kier alpha value is -2.63. The molecule has 0 unspecified atom stereocenters. The molecule has 32 heavy (non-hydrogen) atoms.